The van der Waals surface area contributed by atoms with E-state index >= 15 is 0 Å². The molecule has 0 heterocycles. The Bertz CT molecular complexity index is 583. The largest absolute Gasteiger partial charge is 0.444 e. The number of aliphatic hydroxyl groups is 1. The number of halogens is 1. The summed E-state index contributed by atoms with van der Waals surface area (Å²) in [6.07, 6.45) is 0.286. The van der Waals surface area contributed by atoms with Crippen LogP contribution in [0.25, 0.3) is 0 Å². The molecule has 1 aromatic rings. The molecule has 6 heteroatoms. The highest BCUT2D eigenvalue weighted by Crippen LogP contribution is 2.34. The molecule has 0 aromatic heterocycles. The number of benzene rings is 1. The van der Waals surface area contributed by atoms with E-state index in [9.17, 15) is 9.90 Å². The van der Waals surface area contributed by atoms with E-state index in [1.54, 1.807) is 13.0 Å². The van der Waals surface area contributed by atoms with Crippen molar-refractivity contribution in [2.45, 2.75) is 64.4 Å². The van der Waals surface area contributed by atoms with E-state index in [1.807, 2.05) is 32.9 Å². The summed E-state index contributed by atoms with van der Waals surface area (Å²) in [7, 11) is 0. The van der Waals surface area contributed by atoms with Gasteiger partial charge in [-0.2, -0.15) is 0 Å². The Kier molecular flexibility index (Phi) is 6.12. The van der Waals surface area contributed by atoms with Crippen molar-refractivity contribution in [1.29, 1.82) is 0 Å². The fraction of sp³-hybridized carbons (Fsp3) is 0.611. The molecule has 1 aliphatic rings. The molecule has 0 fully saturated rings. The van der Waals surface area contributed by atoms with Gasteiger partial charge in [0.15, 0.2) is 0 Å². The molecular formula is C18H26ClNO4. The zero-order chi connectivity index (χ0) is 17.9. The van der Waals surface area contributed by atoms with Gasteiger partial charge in [-0.05, 0) is 63.8 Å². The Hall–Kier alpha value is -1.30. The molecule has 2 N–H and O–H groups in total. The van der Waals surface area contributed by atoms with Crippen molar-refractivity contribution < 1.29 is 19.4 Å². The molecule has 0 radical (unpaired) electrons. The van der Waals surface area contributed by atoms with Crippen molar-refractivity contribution in [3.63, 3.8) is 0 Å². The molecule has 134 valence electrons. The number of fused-ring (bicyclic) bond motifs is 1. The number of aryl methyl sites for hydroxylation is 1. The van der Waals surface area contributed by atoms with Crippen LogP contribution in [0.4, 0.5) is 4.79 Å². The summed E-state index contributed by atoms with van der Waals surface area (Å²) in [4.78, 5) is 12.2. The van der Waals surface area contributed by atoms with Crippen molar-refractivity contribution in [3.05, 3.63) is 34.3 Å². The van der Waals surface area contributed by atoms with E-state index in [1.165, 1.54) is 0 Å². The predicted octanol–water partition coefficient (Wildman–Crippen LogP) is 3.62. The van der Waals surface area contributed by atoms with Crippen molar-refractivity contribution in [2.75, 3.05) is 6.61 Å². The van der Waals surface area contributed by atoms with Crippen molar-refractivity contribution in [3.8, 4) is 0 Å². The molecule has 1 amide bonds. The van der Waals surface area contributed by atoms with E-state index in [4.69, 9.17) is 21.1 Å². The van der Waals surface area contributed by atoms with Crippen LogP contribution in [0.15, 0.2) is 18.2 Å². The Morgan fingerprint density at radius 2 is 2.17 bits per heavy atom. The lowest BCUT2D eigenvalue weighted by molar-refractivity contribution is -0.0291. The van der Waals surface area contributed by atoms with E-state index in [0.29, 0.717) is 5.02 Å². The molecular weight excluding hydrogens is 330 g/mol. The third-order valence-electron chi connectivity index (χ3n) is 3.73. The van der Waals surface area contributed by atoms with Crippen LogP contribution in [0.3, 0.4) is 0 Å². The van der Waals surface area contributed by atoms with Gasteiger partial charge >= 0.3 is 6.09 Å². The second-order valence-corrected chi connectivity index (χ2v) is 7.66. The Labute approximate surface area is 148 Å². The fourth-order valence-corrected chi connectivity index (χ4v) is 3.00. The molecule has 5 nitrogen and oxygen atoms in total. The number of alkyl carbamates (subject to hydrolysis) is 1. The van der Waals surface area contributed by atoms with Crippen molar-refractivity contribution in [2.24, 2.45) is 0 Å². The van der Waals surface area contributed by atoms with E-state index < -0.39 is 17.8 Å². The maximum atomic E-state index is 12.2. The number of nitrogens with one attached hydrogen (secondary N) is 1. The zero-order valence-corrected chi connectivity index (χ0v) is 15.4. The molecule has 0 spiro atoms. The standard InChI is InChI=1S/C18H26ClNO4/c1-11(21)10-23-15-8-5-12-9-13(19)6-7-14(12)16(15)20-17(22)24-18(2,3)4/h6-7,9,11,15-16,21H,5,8,10H2,1-4H3,(H,20,22)/t11-,15+,16-/m0/s1. The van der Waals surface area contributed by atoms with Crippen LogP contribution in [0.1, 0.15) is 51.3 Å². The van der Waals surface area contributed by atoms with Gasteiger partial charge in [0.1, 0.15) is 5.60 Å². The zero-order valence-electron chi connectivity index (χ0n) is 14.6. The minimum atomic E-state index is -0.572. The normalized spacial score (nSPS) is 21.8. The lowest BCUT2D eigenvalue weighted by atomic mass is 9.85. The molecule has 0 bridgehead atoms. The van der Waals surface area contributed by atoms with Crippen LogP contribution < -0.4 is 5.32 Å². The maximum absolute atomic E-state index is 12.2. The lowest BCUT2D eigenvalue weighted by Gasteiger charge is -2.35. The first-order valence-corrected chi connectivity index (χ1v) is 8.61. The number of amides is 1. The topological polar surface area (TPSA) is 67.8 Å². The summed E-state index contributed by atoms with van der Waals surface area (Å²) >= 11 is 6.08. The average Bonchev–Trinajstić information content (AvgIpc) is 2.43. The van der Waals surface area contributed by atoms with Crippen LogP contribution in [0.2, 0.25) is 5.02 Å². The highest BCUT2D eigenvalue weighted by Gasteiger charge is 2.33. The molecule has 0 saturated carbocycles. The molecule has 0 saturated heterocycles. The van der Waals surface area contributed by atoms with Gasteiger partial charge in [0.25, 0.3) is 0 Å². The number of carbonyl (C=O) groups excluding carboxylic acids is 1. The summed E-state index contributed by atoms with van der Waals surface area (Å²) in [5, 5.41) is 13.1. The summed E-state index contributed by atoms with van der Waals surface area (Å²) < 4.78 is 11.2. The fourth-order valence-electron chi connectivity index (χ4n) is 2.81. The predicted molar refractivity (Wildman–Crippen MR) is 93.3 cm³/mol. The van der Waals surface area contributed by atoms with Crippen molar-refractivity contribution >= 4 is 17.7 Å². The summed E-state index contributed by atoms with van der Waals surface area (Å²) in [5.74, 6) is 0. The van der Waals surface area contributed by atoms with Gasteiger partial charge in [-0.25, -0.2) is 4.79 Å². The number of aliphatic hydroxyl groups excluding tert-OH is 1. The molecule has 0 aliphatic heterocycles. The quantitative estimate of drug-likeness (QED) is 0.865. The van der Waals surface area contributed by atoms with Crippen LogP contribution in [-0.4, -0.2) is 35.6 Å². The van der Waals surface area contributed by atoms with Crippen LogP contribution in [0.5, 0.6) is 0 Å². The van der Waals surface area contributed by atoms with E-state index in [2.05, 4.69) is 5.32 Å². The monoisotopic (exact) mass is 355 g/mol. The number of ether oxygens (including phenoxy) is 2. The van der Waals surface area contributed by atoms with Crippen LogP contribution >= 0.6 is 11.6 Å². The Morgan fingerprint density at radius 3 is 2.79 bits per heavy atom. The SMILES string of the molecule is C[C@H](O)CO[C@@H]1CCc2cc(Cl)ccc2[C@@H]1NC(=O)OC(C)(C)C. The number of hydrogen-bond donors (Lipinski definition) is 2. The smallest absolute Gasteiger partial charge is 0.408 e. The molecule has 24 heavy (non-hydrogen) atoms. The van der Waals surface area contributed by atoms with Gasteiger partial charge in [0.2, 0.25) is 0 Å². The maximum Gasteiger partial charge on any atom is 0.408 e. The Morgan fingerprint density at radius 1 is 1.46 bits per heavy atom. The summed E-state index contributed by atoms with van der Waals surface area (Å²) in [6.45, 7) is 7.36. The first kappa shape index (κ1) is 19.0. The lowest BCUT2D eigenvalue weighted by Crippen LogP contribution is -2.43. The highest BCUT2D eigenvalue weighted by atomic mass is 35.5. The summed E-state index contributed by atoms with van der Waals surface area (Å²) in [5.41, 5.74) is 1.50. The molecule has 3 atom stereocenters. The van der Waals surface area contributed by atoms with Gasteiger partial charge in [-0.1, -0.05) is 17.7 Å². The van der Waals surface area contributed by atoms with Crippen molar-refractivity contribution in [1.82, 2.24) is 5.32 Å². The van der Waals surface area contributed by atoms with Gasteiger partial charge in [-0.15, -0.1) is 0 Å². The molecule has 0 unspecified atom stereocenters. The first-order chi connectivity index (χ1) is 11.2. The number of hydrogen-bond acceptors (Lipinski definition) is 4. The number of carbonyl (C=O) groups is 1. The molecule has 1 aliphatic carbocycles. The molecule has 2 rings (SSSR count). The van der Waals surface area contributed by atoms with Gasteiger partial charge in [0.05, 0.1) is 24.9 Å². The number of rotatable bonds is 4. The third kappa shape index (κ3) is 5.36. The third-order valence-corrected chi connectivity index (χ3v) is 3.97. The minimum Gasteiger partial charge on any atom is -0.444 e. The van der Waals surface area contributed by atoms with Gasteiger partial charge < -0.3 is 19.9 Å². The minimum absolute atomic E-state index is 0.221. The Balaban J connectivity index is 2.20. The average molecular weight is 356 g/mol. The van der Waals surface area contributed by atoms with Gasteiger partial charge in [0, 0.05) is 5.02 Å². The molecule has 1 aromatic carbocycles. The highest BCUT2D eigenvalue weighted by molar-refractivity contribution is 6.30. The first-order valence-electron chi connectivity index (χ1n) is 8.23. The van der Waals surface area contributed by atoms with Crippen LogP contribution in [0, 0.1) is 0 Å². The van der Waals surface area contributed by atoms with Gasteiger partial charge in [-0.3, -0.25) is 0 Å². The summed E-state index contributed by atoms with van der Waals surface area (Å²) in [6, 6.07) is 5.31. The van der Waals surface area contributed by atoms with E-state index in [0.717, 1.165) is 24.0 Å². The second kappa shape index (κ2) is 7.72. The van der Waals surface area contributed by atoms with Crippen LogP contribution in [-0.2, 0) is 15.9 Å². The second-order valence-electron chi connectivity index (χ2n) is 7.23. The van der Waals surface area contributed by atoms with E-state index in [-0.39, 0.29) is 18.8 Å².